The Balaban J connectivity index is 1.85. The fourth-order valence-corrected chi connectivity index (χ4v) is 4.17. The van der Waals surface area contributed by atoms with Gasteiger partial charge in [-0.15, -0.1) is 0 Å². The van der Waals surface area contributed by atoms with Gasteiger partial charge in [-0.05, 0) is 61.4 Å². The first-order valence-electron chi connectivity index (χ1n) is 8.70. The molecule has 0 aromatic heterocycles. The Kier molecular flexibility index (Phi) is 3.56. The summed E-state index contributed by atoms with van der Waals surface area (Å²) in [5.74, 6) is 0.719. The molecule has 1 fully saturated rings. The number of benzene rings is 2. The third kappa shape index (κ3) is 2.37. The number of rotatable bonds is 2. The first-order valence-corrected chi connectivity index (χ1v) is 8.70. The molecule has 2 aliphatic carbocycles. The number of Topliss-reactive ketones (excluding diaryl/α,β-unsaturated/α-hetero) is 1. The zero-order valence-corrected chi connectivity index (χ0v) is 14.2. The number of fused-ring (bicyclic) bond motifs is 2. The van der Waals surface area contributed by atoms with Crippen molar-refractivity contribution in [2.24, 2.45) is 11.8 Å². The largest absolute Gasteiger partial charge is 0.511 e. The second-order valence-corrected chi connectivity index (χ2v) is 7.23. The van der Waals surface area contributed by atoms with Crippen LogP contribution in [0.15, 0.2) is 48.2 Å². The topological polar surface area (TPSA) is 37.3 Å². The van der Waals surface area contributed by atoms with Gasteiger partial charge >= 0.3 is 0 Å². The summed E-state index contributed by atoms with van der Waals surface area (Å²) in [5, 5.41) is 10.7. The normalized spacial score (nSPS) is 23.0. The number of carbonyl (C=O) groups excluding carboxylic acids is 1. The molecule has 24 heavy (non-hydrogen) atoms. The number of aryl methyl sites for hydroxylation is 2. The minimum Gasteiger partial charge on any atom is -0.511 e. The van der Waals surface area contributed by atoms with Gasteiger partial charge in [0.1, 0.15) is 5.76 Å². The van der Waals surface area contributed by atoms with E-state index in [9.17, 15) is 9.90 Å². The molecule has 0 amide bonds. The fraction of sp³-hybridized carbons (Fsp3) is 0.318. The highest BCUT2D eigenvalue weighted by Gasteiger charge is 2.41. The zero-order valence-electron chi connectivity index (χ0n) is 14.2. The van der Waals surface area contributed by atoms with Crippen LogP contribution in [-0.4, -0.2) is 10.9 Å². The van der Waals surface area contributed by atoms with Crippen molar-refractivity contribution in [2.75, 3.05) is 0 Å². The van der Waals surface area contributed by atoms with Gasteiger partial charge in [-0.2, -0.15) is 0 Å². The van der Waals surface area contributed by atoms with E-state index in [-0.39, 0.29) is 17.6 Å². The average molecular weight is 318 g/mol. The molecule has 0 spiro atoms. The summed E-state index contributed by atoms with van der Waals surface area (Å²) in [6, 6.07) is 14.6. The molecule has 2 aromatic rings. The predicted molar refractivity (Wildman–Crippen MR) is 96.7 cm³/mol. The molecule has 1 N–H and O–H groups in total. The predicted octanol–water partition coefficient (Wildman–Crippen LogP) is 5.24. The van der Waals surface area contributed by atoms with Gasteiger partial charge in [0, 0.05) is 11.8 Å². The Morgan fingerprint density at radius 3 is 2.50 bits per heavy atom. The lowest BCUT2D eigenvalue weighted by Crippen LogP contribution is -2.21. The van der Waals surface area contributed by atoms with Crippen LogP contribution in [0.1, 0.15) is 36.0 Å². The van der Waals surface area contributed by atoms with Crippen molar-refractivity contribution in [3.05, 3.63) is 64.9 Å². The van der Waals surface area contributed by atoms with Crippen LogP contribution in [0.4, 0.5) is 0 Å². The van der Waals surface area contributed by atoms with Gasteiger partial charge in [-0.3, -0.25) is 4.79 Å². The number of hydrogen-bond acceptors (Lipinski definition) is 2. The third-order valence-corrected chi connectivity index (χ3v) is 5.55. The Labute approximate surface area is 142 Å². The van der Waals surface area contributed by atoms with Gasteiger partial charge in [-0.25, -0.2) is 0 Å². The number of ketones is 1. The monoisotopic (exact) mass is 318 g/mol. The second-order valence-electron chi connectivity index (χ2n) is 7.23. The highest BCUT2D eigenvalue weighted by Crippen LogP contribution is 2.46. The van der Waals surface area contributed by atoms with E-state index in [1.807, 2.05) is 13.0 Å². The highest BCUT2D eigenvalue weighted by atomic mass is 16.3. The summed E-state index contributed by atoms with van der Waals surface area (Å²) < 4.78 is 0. The Bertz CT molecular complexity index is 860. The standard InChI is InChI=1S/C22H22O2/c1-13-4-3-5-15(10-13)16-7-6-14(2)19(12-16)20-21(23)17-8-9-18(11-17)22(20)24/h3-7,10,12,17-18,23H,8-9,11H2,1-2H3/t17-,18+/m0/s1. The molecule has 0 aliphatic heterocycles. The molecule has 2 heteroatoms. The second kappa shape index (κ2) is 5.62. The van der Waals surface area contributed by atoms with E-state index < -0.39 is 0 Å². The van der Waals surface area contributed by atoms with E-state index in [2.05, 4.69) is 43.3 Å². The van der Waals surface area contributed by atoms with Crippen LogP contribution in [0.5, 0.6) is 0 Å². The third-order valence-electron chi connectivity index (χ3n) is 5.55. The molecule has 2 nitrogen and oxygen atoms in total. The lowest BCUT2D eigenvalue weighted by Gasteiger charge is -2.23. The van der Waals surface area contributed by atoms with Crippen LogP contribution in [0, 0.1) is 25.7 Å². The van der Waals surface area contributed by atoms with E-state index in [4.69, 9.17) is 0 Å². The quantitative estimate of drug-likeness (QED) is 0.822. The van der Waals surface area contributed by atoms with E-state index in [0.29, 0.717) is 11.3 Å². The molecule has 1 saturated carbocycles. The van der Waals surface area contributed by atoms with Gasteiger partial charge in [0.25, 0.3) is 0 Å². The molecule has 122 valence electrons. The molecule has 2 bridgehead atoms. The van der Waals surface area contributed by atoms with Crippen LogP contribution in [0.3, 0.4) is 0 Å². The van der Waals surface area contributed by atoms with Gasteiger partial charge in [-0.1, -0.05) is 42.0 Å². The first-order chi connectivity index (χ1) is 11.5. The number of aliphatic hydroxyl groups is 1. The van der Waals surface area contributed by atoms with E-state index in [1.165, 1.54) is 5.56 Å². The average Bonchev–Trinajstić information content (AvgIpc) is 3.02. The van der Waals surface area contributed by atoms with Crippen molar-refractivity contribution < 1.29 is 9.90 Å². The van der Waals surface area contributed by atoms with Crippen LogP contribution >= 0.6 is 0 Å². The van der Waals surface area contributed by atoms with E-state index >= 15 is 0 Å². The summed E-state index contributed by atoms with van der Waals surface area (Å²) in [5.41, 5.74) is 5.95. The van der Waals surface area contributed by atoms with Crippen molar-refractivity contribution in [1.82, 2.24) is 0 Å². The molecule has 2 aliphatic rings. The maximum absolute atomic E-state index is 12.8. The molecule has 2 aromatic carbocycles. The van der Waals surface area contributed by atoms with Crippen LogP contribution < -0.4 is 0 Å². The smallest absolute Gasteiger partial charge is 0.169 e. The van der Waals surface area contributed by atoms with Crippen LogP contribution in [0.25, 0.3) is 16.7 Å². The van der Waals surface area contributed by atoms with Gasteiger partial charge in [0.05, 0.1) is 5.57 Å². The van der Waals surface area contributed by atoms with Crippen molar-refractivity contribution >= 4 is 11.4 Å². The van der Waals surface area contributed by atoms with Gasteiger partial charge in [0.2, 0.25) is 0 Å². The van der Waals surface area contributed by atoms with Crippen LogP contribution in [-0.2, 0) is 4.79 Å². The van der Waals surface area contributed by atoms with Gasteiger partial charge in [0.15, 0.2) is 5.78 Å². The summed E-state index contributed by atoms with van der Waals surface area (Å²) in [7, 11) is 0. The van der Waals surface area contributed by atoms with E-state index in [0.717, 1.165) is 41.5 Å². The SMILES string of the molecule is Cc1cccc(-c2ccc(C)c(C3=C(O)[C@H]4CC[C@H](C4)C3=O)c2)c1. The first kappa shape index (κ1) is 15.2. The fourth-order valence-electron chi connectivity index (χ4n) is 4.17. The number of hydrogen-bond donors (Lipinski definition) is 1. The minimum absolute atomic E-state index is 0.0999. The Hall–Kier alpha value is -2.35. The maximum Gasteiger partial charge on any atom is 0.169 e. The van der Waals surface area contributed by atoms with E-state index in [1.54, 1.807) is 0 Å². The van der Waals surface area contributed by atoms with Crippen molar-refractivity contribution in [1.29, 1.82) is 0 Å². The number of allylic oxidation sites excluding steroid dienone is 2. The summed E-state index contributed by atoms with van der Waals surface area (Å²) in [6.45, 7) is 4.09. The molecule has 4 rings (SSSR count). The molecule has 2 atom stereocenters. The lowest BCUT2D eigenvalue weighted by atomic mass is 9.81. The van der Waals surface area contributed by atoms with Crippen molar-refractivity contribution in [3.63, 3.8) is 0 Å². The van der Waals surface area contributed by atoms with Crippen molar-refractivity contribution in [2.45, 2.75) is 33.1 Å². The molecular weight excluding hydrogens is 296 g/mol. The Morgan fingerprint density at radius 1 is 0.958 bits per heavy atom. The Morgan fingerprint density at radius 2 is 1.71 bits per heavy atom. The molecule has 0 unspecified atom stereocenters. The van der Waals surface area contributed by atoms with Crippen molar-refractivity contribution in [3.8, 4) is 11.1 Å². The van der Waals surface area contributed by atoms with Gasteiger partial charge < -0.3 is 5.11 Å². The molecular formula is C22H22O2. The minimum atomic E-state index is 0.0999. The molecule has 0 saturated heterocycles. The summed E-state index contributed by atoms with van der Waals surface area (Å²) in [4.78, 5) is 12.8. The molecule has 0 radical (unpaired) electrons. The lowest BCUT2D eigenvalue weighted by molar-refractivity contribution is -0.117. The summed E-state index contributed by atoms with van der Waals surface area (Å²) >= 11 is 0. The number of aliphatic hydroxyl groups excluding tert-OH is 1. The summed E-state index contributed by atoms with van der Waals surface area (Å²) in [6.07, 6.45) is 2.67. The molecule has 0 heterocycles. The zero-order chi connectivity index (χ0) is 16.8. The maximum atomic E-state index is 12.8. The number of carbonyl (C=O) groups is 1. The highest BCUT2D eigenvalue weighted by molar-refractivity contribution is 6.23. The van der Waals surface area contributed by atoms with Crippen LogP contribution in [0.2, 0.25) is 0 Å².